The summed E-state index contributed by atoms with van der Waals surface area (Å²) in [6.07, 6.45) is 0. The van der Waals surface area contributed by atoms with Crippen molar-refractivity contribution in [3.63, 3.8) is 0 Å². The average Bonchev–Trinajstić information content (AvgIpc) is 2.58. The van der Waals surface area contributed by atoms with Gasteiger partial charge in [-0.2, -0.15) is 0 Å². The molecule has 0 N–H and O–H groups in total. The zero-order valence-corrected chi connectivity index (χ0v) is 11.7. The summed E-state index contributed by atoms with van der Waals surface area (Å²) in [5, 5.41) is 0. The summed E-state index contributed by atoms with van der Waals surface area (Å²) in [6, 6.07) is 13.8. The third-order valence-electron chi connectivity index (χ3n) is 4.30. The van der Waals surface area contributed by atoms with Gasteiger partial charge in [-0.1, -0.05) is 68.0 Å². The molecule has 0 saturated carbocycles. The minimum Gasteiger partial charge on any atom is -0.0886 e. The van der Waals surface area contributed by atoms with Crippen LogP contribution in [-0.4, -0.2) is 15.1 Å². The molecule has 0 atom stereocenters. The first kappa shape index (κ1) is 11.6. The molecule has 1 aliphatic rings. The van der Waals surface area contributed by atoms with E-state index < -0.39 is 0 Å². The molecule has 0 fully saturated rings. The Morgan fingerprint density at radius 1 is 0.944 bits per heavy atom. The second kappa shape index (κ2) is 3.78. The molecule has 0 nitrogen and oxygen atoms in total. The highest BCUT2D eigenvalue weighted by molar-refractivity contribution is 6.52. The van der Waals surface area contributed by atoms with E-state index >= 15 is 0 Å². The lowest BCUT2D eigenvalue weighted by molar-refractivity contribution is 0.661. The fourth-order valence-corrected chi connectivity index (χ4v) is 3.12. The molecular weight excluding hydrogens is 214 g/mol. The number of rotatable bonds is 1. The van der Waals surface area contributed by atoms with Crippen molar-refractivity contribution in [2.24, 2.45) is 0 Å². The average molecular weight is 232 g/mol. The lowest BCUT2D eigenvalue weighted by Gasteiger charge is -2.22. The summed E-state index contributed by atoms with van der Waals surface area (Å²) in [5.74, 6) is 0. The maximum atomic E-state index is 2.39. The number of hydrogen-bond donors (Lipinski definition) is 0. The van der Waals surface area contributed by atoms with Gasteiger partial charge in [-0.3, -0.25) is 0 Å². The van der Waals surface area contributed by atoms with Gasteiger partial charge < -0.3 is 0 Å². The van der Waals surface area contributed by atoms with Crippen LogP contribution in [0, 0.1) is 0 Å². The van der Waals surface area contributed by atoms with Crippen LogP contribution < -0.4 is 10.9 Å². The SMILES string of the molecule is Bc1ccc2c(c1)C(C)(C)c1cc(BC)ccc1-2. The van der Waals surface area contributed by atoms with E-state index in [0.717, 1.165) is 7.28 Å². The third kappa shape index (κ3) is 1.48. The van der Waals surface area contributed by atoms with Crippen molar-refractivity contribution in [2.75, 3.05) is 0 Å². The normalized spacial score (nSPS) is 15.1. The first-order chi connectivity index (χ1) is 8.54. The van der Waals surface area contributed by atoms with Crippen LogP contribution >= 0.6 is 0 Å². The van der Waals surface area contributed by atoms with Crippen molar-refractivity contribution in [3.8, 4) is 11.1 Å². The maximum Gasteiger partial charge on any atom is 0.154 e. The first-order valence-corrected chi connectivity index (χ1v) is 6.79. The molecule has 0 bridgehead atoms. The molecule has 0 aromatic heterocycles. The van der Waals surface area contributed by atoms with Crippen LogP contribution in [0.1, 0.15) is 25.0 Å². The Kier molecular flexibility index (Phi) is 2.45. The van der Waals surface area contributed by atoms with E-state index in [-0.39, 0.29) is 5.41 Å². The fraction of sp³-hybridized carbons (Fsp3) is 0.250. The molecule has 88 valence electrons. The molecule has 0 spiro atoms. The standard InChI is InChI=1S/C16H18B2/c1-16(2)14-8-10(17)4-6-12(14)13-7-5-11(18-3)9-15(13)16/h4-9,18H,17H2,1-3H3. The molecule has 2 aromatic rings. The predicted molar refractivity (Wildman–Crippen MR) is 84.8 cm³/mol. The van der Waals surface area contributed by atoms with Crippen molar-refractivity contribution < 1.29 is 0 Å². The van der Waals surface area contributed by atoms with E-state index in [2.05, 4.69) is 64.9 Å². The Bertz CT molecular complexity index is 627. The van der Waals surface area contributed by atoms with Crippen LogP contribution in [0.25, 0.3) is 11.1 Å². The molecule has 0 heterocycles. The lowest BCUT2D eigenvalue weighted by Crippen LogP contribution is -2.20. The second-order valence-corrected chi connectivity index (χ2v) is 5.91. The van der Waals surface area contributed by atoms with Crippen molar-refractivity contribution in [1.82, 2.24) is 0 Å². The highest BCUT2D eigenvalue weighted by atomic mass is 14.4. The number of hydrogen-bond acceptors (Lipinski definition) is 0. The van der Waals surface area contributed by atoms with Gasteiger partial charge in [-0.25, -0.2) is 0 Å². The van der Waals surface area contributed by atoms with Crippen LogP contribution in [-0.2, 0) is 5.41 Å². The topological polar surface area (TPSA) is 0 Å². The van der Waals surface area contributed by atoms with Crippen molar-refractivity contribution >= 4 is 26.1 Å². The van der Waals surface area contributed by atoms with Gasteiger partial charge in [0.15, 0.2) is 7.28 Å². The van der Waals surface area contributed by atoms with E-state index in [1.807, 2.05) is 0 Å². The fourth-order valence-electron chi connectivity index (χ4n) is 3.12. The van der Waals surface area contributed by atoms with Gasteiger partial charge in [-0.15, -0.1) is 0 Å². The van der Waals surface area contributed by atoms with E-state index in [1.165, 1.54) is 33.2 Å². The van der Waals surface area contributed by atoms with Crippen LogP contribution in [0.4, 0.5) is 0 Å². The zero-order chi connectivity index (χ0) is 12.9. The predicted octanol–water partition coefficient (Wildman–Crippen LogP) is 1.36. The smallest absolute Gasteiger partial charge is 0.0886 e. The summed E-state index contributed by atoms with van der Waals surface area (Å²) in [6.45, 7) is 6.91. The molecule has 0 unspecified atom stereocenters. The number of benzene rings is 2. The van der Waals surface area contributed by atoms with Gasteiger partial charge >= 0.3 is 0 Å². The van der Waals surface area contributed by atoms with E-state index in [1.54, 1.807) is 0 Å². The molecule has 0 amide bonds. The van der Waals surface area contributed by atoms with E-state index in [4.69, 9.17) is 0 Å². The Morgan fingerprint density at radius 3 is 2.22 bits per heavy atom. The van der Waals surface area contributed by atoms with Crippen LogP contribution in [0.2, 0.25) is 6.82 Å². The Balaban J connectivity index is 2.31. The Labute approximate surface area is 111 Å². The van der Waals surface area contributed by atoms with Crippen molar-refractivity contribution in [2.45, 2.75) is 26.1 Å². The summed E-state index contributed by atoms with van der Waals surface area (Å²) < 4.78 is 0. The summed E-state index contributed by atoms with van der Waals surface area (Å²) in [7, 11) is 3.29. The van der Waals surface area contributed by atoms with Gasteiger partial charge in [0.1, 0.15) is 7.85 Å². The van der Waals surface area contributed by atoms with Gasteiger partial charge in [0.25, 0.3) is 0 Å². The zero-order valence-electron chi connectivity index (χ0n) is 11.7. The molecular formula is C16H18B2. The molecule has 0 radical (unpaired) electrons. The van der Waals surface area contributed by atoms with E-state index in [0.29, 0.717) is 0 Å². The van der Waals surface area contributed by atoms with Gasteiger partial charge in [0, 0.05) is 5.41 Å². The minimum atomic E-state index is 0.141. The largest absolute Gasteiger partial charge is 0.154 e. The second-order valence-electron chi connectivity index (χ2n) is 5.91. The van der Waals surface area contributed by atoms with Crippen molar-refractivity contribution in [1.29, 1.82) is 0 Å². The van der Waals surface area contributed by atoms with Gasteiger partial charge in [0.2, 0.25) is 0 Å². The molecule has 18 heavy (non-hydrogen) atoms. The monoisotopic (exact) mass is 232 g/mol. The quantitative estimate of drug-likeness (QED) is 0.651. The lowest BCUT2D eigenvalue weighted by atomic mass is 9.71. The first-order valence-electron chi connectivity index (χ1n) is 6.79. The van der Waals surface area contributed by atoms with E-state index in [9.17, 15) is 0 Å². The van der Waals surface area contributed by atoms with Gasteiger partial charge in [-0.05, 0) is 22.3 Å². The van der Waals surface area contributed by atoms with Gasteiger partial charge in [0.05, 0.1) is 0 Å². The molecule has 2 aromatic carbocycles. The molecule has 1 aliphatic carbocycles. The Hall–Kier alpha value is -1.43. The molecule has 0 saturated heterocycles. The third-order valence-corrected chi connectivity index (χ3v) is 4.30. The minimum absolute atomic E-state index is 0.141. The molecule has 0 aliphatic heterocycles. The van der Waals surface area contributed by atoms with Crippen molar-refractivity contribution in [3.05, 3.63) is 47.5 Å². The molecule has 3 rings (SSSR count). The summed E-state index contributed by atoms with van der Waals surface area (Å²) >= 11 is 0. The van der Waals surface area contributed by atoms with Crippen LogP contribution in [0.15, 0.2) is 36.4 Å². The summed E-state index contributed by atoms with van der Waals surface area (Å²) in [5.41, 5.74) is 8.74. The number of fused-ring (bicyclic) bond motifs is 3. The van der Waals surface area contributed by atoms with Crippen LogP contribution in [0.3, 0.4) is 0 Å². The maximum absolute atomic E-state index is 2.39. The Morgan fingerprint density at radius 2 is 1.56 bits per heavy atom. The van der Waals surface area contributed by atoms with Crippen LogP contribution in [0.5, 0.6) is 0 Å². The highest BCUT2D eigenvalue weighted by Crippen LogP contribution is 2.47. The summed E-state index contributed by atoms with van der Waals surface area (Å²) in [4.78, 5) is 0. The highest BCUT2D eigenvalue weighted by Gasteiger charge is 2.35. The molecule has 2 heteroatoms.